The first-order valence-corrected chi connectivity index (χ1v) is 7.84. The van der Waals surface area contributed by atoms with Crippen LogP contribution < -0.4 is 5.32 Å². The van der Waals surface area contributed by atoms with E-state index in [1.807, 2.05) is 12.1 Å². The van der Waals surface area contributed by atoms with Gasteiger partial charge in [0.15, 0.2) is 0 Å². The van der Waals surface area contributed by atoms with Gasteiger partial charge in [0.1, 0.15) is 5.82 Å². The molecule has 3 heteroatoms. The topological polar surface area (TPSA) is 15.3 Å². The van der Waals surface area contributed by atoms with Crippen LogP contribution in [0.2, 0.25) is 0 Å². The normalized spacial score (nSPS) is 20.4. The third kappa shape index (κ3) is 3.58. The average Bonchev–Trinajstić information content (AvgIpc) is 3.30. The standard InChI is InChI=1S/C17H25FN2/c1-12(14-4-5-14)20(2)11-15-9-13(3-8-17(15)18)10-19-16-6-7-16/h3,8-9,12,14,16,19H,4-7,10-11H2,1-2H3. The van der Waals surface area contributed by atoms with Crippen molar-refractivity contribution in [2.75, 3.05) is 7.05 Å². The first kappa shape index (κ1) is 14.0. The summed E-state index contributed by atoms with van der Waals surface area (Å²) in [6, 6.07) is 6.80. The highest BCUT2D eigenvalue weighted by atomic mass is 19.1. The number of benzene rings is 1. The molecule has 0 bridgehead atoms. The van der Waals surface area contributed by atoms with Gasteiger partial charge in [-0.2, -0.15) is 0 Å². The molecule has 1 unspecified atom stereocenters. The minimum absolute atomic E-state index is 0.0741. The fourth-order valence-electron chi connectivity index (χ4n) is 2.76. The van der Waals surface area contributed by atoms with Crippen LogP contribution in [0.1, 0.15) is 43.7 Å². The molecule has 1 aromatic rings. The summed E-state index contributed by atoms with van der Waals surface area (Å²) >= 11 is 0. The third-order valence-corrected chi connectivity index (χ3v) is 4.70. The van der Waals surface area contributed by atoms with Gasteiger partial charge in [0.25, 0.3) is 0 Å². The van der Waals surface area contributed by atoms with Gasteiger partial charge in [-0.15, -0.1) is 0 Å². The van der Waals surface area contributed by atoms with Crippen molar-refractivity contribution in [3.63, 3.8) is 0 Å². The fraction of sp³-hybridized carbons (Fsp3) is 0.647. The van der Waals surface area contributed by atoms with Crippen molar-refractivity contribution in [2.45, 2.75) is 57.8 Å². The van der Waals surface area contributed by atoms with Crippen molar-refractivity contribution in [3.8, 4) is 0 Å². The van der Waals surface area contributed by atoms with Gasteiger partial charge in [-0.25, -0.2) is 4.39 Å². The molecule has 1 aromatic carbocycles. The van der Waals surface area contributed by atoms with Gasteiger partial charge in [-0.05, 0) is 57.2 Å². The highest BCUT2D eigenvalue weighted by molar-refractivity contribution is 5.25. The number of nitrogens with one attached hydrogen (secondary N) is 1. The molecule has 110 valence electrons. The van der Waals surface area contributed by atoms with Crippen LogP contribution in [-0.2, 0) is 13.1 Å². The SMILES string of the molecule is CC(C1CC1)N(C)Cc1cc(CNC2CC2)ccc1F. The molecule has 0 saturated heterocycles. The van der Waals surface area contributed by atoms with Gasteiger partial charge in [-0.3, -0.25) is 4.90 Å². The molecule has 0 heterocycles. The summed E-state index contributed by atoms with van der Waals surface area (Å²) in [5.74, 6) is 0.748. The Morgan fingerprint density at radius 2 is 2.05 bits per heavy atom. The molecule has 2 aliphatic carbocycles. The average molecular weight is 276 g/mol. The first-order chi connectivity index (χ1) is 9.63. The van der Waals surface area contributed by atoms with Crippen LogP contribution >= 0.6 is 0 Å². The Bertz CT molecular complexity index is 466. The van der Waals surface area contributed by atoms with E-state index in [-0.39, 0.29) is 5.82 Å². The Balaban J connectivity index is 1.62. The van der Waals surface area contributed by atoms with Crippen LogP contribution in [0.15, 0.2) is 18.2 Å². The number of hydrogen-bond acceptors (Lipinski definition) is 2. The molecule has 2 nitrogen and oxygen atoms in total. The van der Waals surface area contributed by atoms with E-state index in [1.54, 1.807) is 6.07 Å². The van der Waals surface area contributed by atoms with Gasteiger partial charge in [0.2, 0.25) is 0 Å². The largest absolute Gasteiger partial charge is 0.310 e. The van der Waals surface area contributed by atoms with E-state index >= 15 is 0 Å². The zero-order chi connectivity index (χ0) is 14.1. The van der Waals surface area contributed by atoms with Crippen LogP contribution in [-0.4, -0.2) is 24.0 Å². The summed E-state index contributed by atoms with van der Waals surface area (Å²) in [7, 11) is 2.11. The van der Waals surface area contributed by atoms with Gasteiger partial charge in [0, 0.05) is 30.7 Å². The summed E-state index contributed by atoms with van der Waals surface area (Å²) < 4.78 is 14.0. The summed E-state index contributed by atoms with van der Waals surface area (Å²) in [5, 5.41) is 3.49. The quantitative estimate of drug-likeness (QED) is 0.822. The first-order valence-electron chi connectivity index (χ1n) is 7.84. The summed E-state index contributed by atoms with van der Waals surface area (Å²) in [4.78, 5) is 2.29. The Hall–Kier alpha value is -0.930. The van der Waals surface area contributed by atoms with Crippen molar-refractivity contribution in [1.29, 1.82) is 0 Å². The summed E-state index contributed by atoms with van der Waals surface area (Å²) in [6.45, 7) is 3.83. The molecule has 0 aliphatic heterocycles. The third-order valence-electron chi connectivity index (χ3n) is 4.70. The van der Waals surface area contributed by atoms with E-state index in [2.05, 4.69) is 24.2 Å². The molecular formula is C17H25FN2. The fourth-order valence-corrected chi connectivity index (χ4v) is 2.76. The second-order valence-electron chi connectivity index (χ2n) is 6.57. The number of nitrogens with zero attached hydrogens (tertiary/aromatic N) is 1. The van der Waals surface area contributed by atoms with E-state index in [0.29, 0.717) is 18.6 Å². The summed E-state index contributed by atoms with van der Waals surface area (Å²) in [6.07, 6.45) is 5.24. The lowest BCUT2D eigenvalue weighted by Crippen LogP contribution is -2.30. The lowest BCUT2D eigenvalue weighted by molar-refractivity contribution is 0.223. The highest BCUT2D eigenvalue weighted by Gasteiger charge is 2.30. The minimum atomic E-state index is -0.0741. The second-order valence-corrected chi connectivity index (χ2v) is 6.57. The van der Waals surface area contributed by atoms with Gasteiger partial charge >= 0.3 is 0 Å². The van der Waals surface area contributed by atoms with E-state index in [0.717, 1.165) is 18.0 Å². The minimum Gasteiger partial charge on any atom is -0.310 e. The molecular weight excluding hydrogens is 251 g/mol. The second kappa shape index (κ2) is 5.82. The maximum Gasteiger partial charge on any atom is 0.127 e. The van der Waals surface area contributed by atoms with Crippen LogP contribution in [0, 0.1) is 11.7 Å². The molecule has 1 N–H and O–H groups in total. The predicted molar refractivity (Wildman–Crippen MR) is 79.9 cm³/mol. The molecule has 2 saturated carbocycles. The molecule has 3 rings (SSSR count). The van der Waals surface area contributed by atoms with Crippen LogP contribution in [0.5, 0.6) is 0 Å². The van der Waals surface area contributed by atoms with E-state index in [9.17, 15) is 4.39 Å². The van der Waals surface area contributed by atoms with Gasteiger partial charge < -0.3 is 5.32 Å². The van der Waals surface area contributed by atoms with Crippen molar-refractivity contribution in [2.24, 2.45) is 5.92 Å². The maximum absolute atomic E-state index is 14.0. The maximum atomic E-state index is 14.0. The number of hydrogen-bond donors (Lipinski definition) is 1. The number of halogens is 1. The Morgan fingerprint density at radius 1 is 1.30 bits per heavy atom. The van der Waals surface area contributed by atoms with Crippen molar-refractivity contribution < 1.29 is 4.39 Å². The molecule has 0 amide bonds. The zero-order valence-electron chi connectivity index (χ0n) is 12.5. The van der Waals surface area contributed by atoms with E-state index in [4.69, 9.17) is 0 Å². The van der Waals surface area contributed by atoms with E-state index in [1.165, 1.54) is 31.2 Å². The number of rotatable bonds is 7. The summed E-state index contributed by atoms with van der Waals surface area (Å²) in [5.41, 5.74) is 2.02. The molecule has 0 aromatic heterocycles. The Kier molecular flexibility index (Phi) is 4.08. The van der Waals surface area contributed by atoms with Gasteiger partial charge in [0.05, 0.1) is 0 Å². The lowest BCUT2D eigenvalue weighted by Gasteiger charge is -2.25. The van der Waals surface area contributed by atoms with Gasteiger partial charge in [-0.1, -0.05) is 12.1 Å². The van der Waals surface area contributed by atoms with Crippen LogP contribution in [0.3, 0.4) is 0 Å². The van der Waals surface area contributed by atoms with Crippen LogP contribution in [0.4, 0.5) is 4.39 Å². The molecule has 1 atom stereocenters. The van der Waals surface area contributed by atoms with E-state index < -0.39 is 0 Å². The van der Waals surface area contributed by atoms with Crippen LogP contribution in [0.25, 0.3) is 0 Å². The predicted octanol–water partition coefficient (Wildman–Crippen LogP) is 3.31. The highest BCUT2D eigenvalue weighted by Crippen LogP contribution is 2.35. The Morgan fingerprint density at radius 3 is 2.70 bits per heavy atom. The molecule has 0 spiro atoms. The molecule has 2 fully saturated rings. The lowest BCUT2D eigenvalue weighted by atomic mass is 10.1. The van der Waals surface area contributed by atoms with Crippen molar-refractivity contribution in [3.05, 3.63) is 35.1 Å². The zero-order valence-corrected chi connectivity index (χ0v) is 12.5. The smallest absolute Gasteiger partial charge is 0.127 e. The molecule has 20 heavy (non-hydrogen) atoms. The Labute approximate surface area is 121 Å². The van der Waals surface area contributed by atoms with Crippen molar-refractivity contribution >= 4 is 0 Å². The monoisotopic (exact) mass is 276 g/mol. The molecule has 2 aliphatic rings. The van der Waals surface area contributed by atoms with Crippen molar-refractivity contribution in [1.82, 2.24) is 10.2 Å². The molecule has 0 radical (unpaired) electrons.